The van der Waals surface area contributed by atoms with E-state index in [2.05, 4.69) is 16.5 Å². The molecule has 0 aliphatic carbocycles. The summed E-state index contributed by atoms with van der Waals surface area (Å²) in [4.78, 5) is 16.7. The van der Waals surface area contributed by atoms with Crippen molar-refractivity contribution >= 4 is 22.6 Å². The van der Waals surface area contributed by atoms with E-state index in [1.54, 1.807) is 0 Å². The second kappa shape index (κ2) is 6.73. The number of nitrogens with one attached hydrogen (secondary N) is 1. The highest BCUT2D eigenvalue weighted by Gasteiger charge is 2.16. The summed E-state index contributed by atoms with van der Waals surface area (Å²) in [6.07, 6.45) is 2.56. The molecule has 2 heterocycles. The number of hydrogen-bond acceptors (Lipinski definition) is 4. The van der Waals surface area contributed by atoms with Crippen LogP contribution in [0.1, 0.15) is 36.5 Å². The van der Waals surface area contributed by atoms with E-state index in [9.17, 15) is 10.1 Å². The van der Waals surface area contributed by atoms with Crippen LogP contribution in [0.2, 0.25) is 0 Å². The Morgan fingerprint density at radius 3 is 2.84 bits per heavy atom. The van der Waals surface area contributed by atoms with Gasteiger partial charge in [0.15, 0.2) is 11.6 Å². The third-order valence-corrected chi connectivity index (χ3v) is 4.08. The van der Waals surface area contributed by atoms with Crippen molar-refractivity contribution in [3.63, 3.8) is 0 Å². The molecule has 1 N–H and O–H groups in total. The highest BCUT2D eigenvalue weighted by atomic mass is 16.1. The van der Waals surface area contributed by atoms with Gasteiger partial charge in [0.2, 0.25) is 5.91 Å². The molecular formula is C19H19N5O. The molecule has 0 fully saturated rings. The predicted octanol–water partition coefficient (Wildman–Crippen LogP) is 3.65. The lowest BCUT2D eigenvalue weighted by atomic mass is 10.1. The maximum Gasteiger partial charge on any atom is 0.225 e. The lowest BCUT2D eigenvalue weighted by Gasteiger charge is -2.12. The topological polar surface area (TPSA) is 83.6 Å². The molecule has 3 rings (SSSR count). The number of carbonyl (C=O) groups is 1. The predicted molar refractivity (Wildman–Crippen MR) is 96.6 cm³/mol. The van der Waals surface area contributed by atoms with Crippen LogP contribution in [0.4, 0.5) is 5.82 Å². The average Bonchev–Trinajstić information content (AvgIpc) is 2.98. The summed E-state index contributed by atoms with van der Waals surface area (Å²) in [5.74, 6) is 0.794. The van der Waals surface area contributed by atoms with Gasteiger partial charge in [-0.05, 0) is 37.5 Å². The lowest BCUT2D eigenvalue weighted by molar-refractivity contribution is -0.116. The lowest BCUT2D eigenvalue weighted by Crippen LogP contribution is -2.16. The molecule has 25 heavy (non-hydrogen) atoms. The number of fused-ring (bicyclic) bond motifs is 1. The van der Waals surface area contributed by atoms with Crippen molar-refractivity contribution in [3.8, 4) is 11.9 Å². The van der Waals surface area contributed by atoms with Crippen molar-refractivity contribution in [2.24, 2.45) is 0 Å². The zero-order valence-electron chi connectivity index (χ0n) is 14.5. The number of carbonyl (C=O) groups excluding carboxylic acids is 1. The van der Waals surface area contributed by atoms with Crippen LogP contribution in [-0.4, -0.2) is 20.7 Å². The van der Waals surface area contributed by atoms with Crippen LogP contribution in [0, 0.1) is 25.2 Å². The average molecular weight is 333 g/mol. The fraction of sp³-hybridized carbons (Fsp3) is 0.263. The standard InChI is InChI=1S/C19H19N5O/c1-4-6-17(25)23-19-14(10-20)11-21-24(19)16-9-13(3)15-8-5-7-12(2)18(15)22-16/h5,7-9,11H,4,6H2,1-3H3,(H,23,25). The van der Waals surface area contributed by atoms with Gasteiger partial charge < -0.3 is 5.32 Å². The molecule has 1 aromatic carbocycles. The van der Waals surface area contributed by atoms with Crippen molar-refractivity contribution in [2.75, 3.05) is 5.32 Å². The maximum atomic E-state index is 12.0. The summed E-state index contributed by atoms with van der Waals surface area (Å²) in [6.45, 7) is 5.95. The molecular weight excluding hydrogens is 314 g/mol. The Labute approximate surface area is 146 Å². The first kappa shape index (κ1) is 16.7. The molecule has 0 bridgehead atoms. The number of hydrogen-bond donors (Lipinski definition) is 1. The zero-order chi connectivity index (χ0) is 18.0. The first-order chi connectivity index (χ1) is 12.0. The monoisotopic (exact) mass is 333 g/mol. The number of amides is 1. The Bertz CT molecular complexity index is 997. The Morgan fingerprint density at radius 2 is 2.12 bits per heavy atom. The van der Waals surface area contributed by atoms with Gasteiger partial charge in [-0.1, -0.05) is 25.1 Å². The fourth-order valence-electron chi connectivity index (χ4n) is 2.80. The molecule has 126 valence electrons. The van der Waals surface area contributed by atoms with E-state index in [-0.39, 0.29) is 5.91 Å². The fourth-order valence-corrected chi connectivity index (χ4v) is 2.80. The number of aryl methyl sites for hydroxylation is 2. The normalized spacial score (nSPS) is 10.6. The molecule has 0 unspecified atom stereocenters. The minimum absolute atomic E-state index is 0.144. The number of rotatable bonds is 4. The minimum atomic E-state index is -0.144. The Balaban J connectivity index is 2.15. The van der Waals surface area contributed by atoms with E-state index in [4.69, 9.17) is 4.98 Å². The summed E-state index contributed by atoms with van der Waals surface area (Å²) >= 11 is 0. The summed E-state index contributed by atoms with van der Waals surface area (Å²) in [5.41, 5.74) is 3.32. The molecule has 6 heteroatoms. The van der Waals surface area contributed by atoms with Crippen LogP contribution in [0.15, 0.2) is 30.5 Å². The zero-order valence-corrected chi connectivity index (χ0v) is 14.5. The quantitative estimate of drug-likeness (QED) is 0.790. The third kappa shape index (κ3) is 3.09. The summed E-state index contributed by atoms with van der Waals surface area (Å²) in [6, 6.07) is 10.0. The van der Waals surface area contributed by atoms with Crippen molar-refractivity contribution in [3.05, 3.63) is 47.2 Å². The minimum Gasteiger partial charge on any atom is -0.309 e. The van der Waals surface area contributed by atoms with Crippen molar-refractivity contribution < 1.29 is 4.79 Å². The number of para-hydroxylation sites is 1. The van der Waals surface area contributed by atoms with Crippen molar-refractivity contribution in [1.29, 1.82) is 5.26 Å². The number of nitrogens with zero attached hydrogens (tertiary/aromatic N) is 4. The Kier molecular flexibility index (Phi) is 4.48. The van der Waals surface area contributed by atoms with E-state index < -0.39 is 0 Å². The van der Waals surface area contributed by atoms with Gasteiger partial charge in [0, 0.05) is 11.8 Å². The molecule has 1 amide bonds. The van der Waals surface area contributed by atoms with Crippen LogP contribution in [0.5, 0.6) is 0 Å². The Morgan fingerprint density at radius 1 is 1.32 bits per heavy atom. The molecule has 0 atom stereocenters. The van der Waals surface area contributed by atoms with Crippen molar-refractivity contribution in [2.45, 2.75) is 33.6 Å². The van der Waals surface area contributed by atoms with Crippen LogP contribution >= 0.6 is 0 Å². The van der Waals surface area contributed by atoms with Crippen LogP contribution in [0.25, 0.3) is 16.7 Å². The van der Waals surface area contributed by atoms with Gasteiger partial charge in [-0.2, -0.15) is 15.0 Å². The van der Waals surface area contributed by atoms with Gasteiger partial charge in [-0.25, -0.2) is 4.98 Å². The smallest absolute Gasteiger partial charge is 0.225 e. The SMILES string of the molecule is CCCC(=O)Nc1c(C#N)cnn1-c1cc(C)c2cccc(C)c2n1. The molecule has 2 aromatic heterocycles. The summed E-state index contributed by atoms with van der Waals surface area (Å²) in [7, 11) is 0. The number of nitriles is 1. The molecule has 0 spiro atoms. The largest absolute Gasteiger partial charge is 0.309 e. The van der Waals surface area contributed by atoms with E-state index >= 15 is 0 Å². The third-order valence-electron chi connectivity index (χ3n) is 4.08. The van der Waals surface area contributed by atoms with Crippen molar-refractivity contribution in [1.82, 2.24) is 14.8 Å². The number of aromatic nitrogens is 3. The molecule has 0 radical (unpaired) electrons. The van der Waals surface area contributed by atoms with E-state index in [0.29, 0.717) is 23.6 Å². The molecule has 0 aliphatic heterocycles. The molecule has 0 saturated heterocycles. The molecule has 0 saturated carbocycles. The van der Waals surface area contributed by atoms with Crippen LogP contribution in [-0.2, 0) is 4.79 Å². The number of benzene rings is 1. The highest BCUT2D eigenvalue weighted by molar-refractivity contribution is 5.91. The van der Waals surface area contributed by atoms with E-state index in [1.165, 1.54) is 10.9 Å². The second-order valence-corrected chi connectivity index (χ2v) is 6.00. The van der Waals surface area contributed by atoms with Crippen LogP contribution < -0.4 is 5.32 Å². The Hall–Kier alpha value is -3.20. The van der Waals surface area contributed by atoms with Gasteiger partial charge in [0.25, 0.3) is 0 Å². The van der Waals surface area contributed by atoms with Gasteiger partial charge in [0.05, 0.1) is 11.7 Å². The first-order valence-electron chi connectivity index (χ1n) is 8.20. The number of anilines is 1. The maximum absolute atomic E-state index is 12.0. The first-order valence-corrected chi connectivity index (χ1v) is 8.20. The summed E-state index contributed by atoms with van der Waals surface area (Å²) in [5, 5.41) is 17.4. The highest BCUT2D eigenvalue weighted by Crippen LogP contribution is 2.25. The molecule has 0 aliphatic rings. The van der Waals surface area contributed by atoms with Gasteiger partial charge >= 0.3 is 0 Å². The van der Waals surface area contributed by atoms with Gasteiger partial charge in [-0.3, -0.25) is 4.79 Å². The van der Waals surface area contributed by atoms with E-state index in [0.717, 1.165) is 28.5 Å². The van der Waals surface area contributed by atoms with Gasteiger partial charge in [-0.15, -0.1) is 0 Å². The number of pyridine rings is 1. The molecule has 3 aromatic rings. The van der Waals surface area contributed by atoms with Crippen LogP contribution in [0.3, 0.4) is 0 Å². The van der Waals surface area contributed by atoms with E-state index in [1.807, 2.05) is 45.0 Å². The van der Waals surface area contributed by atoms with Gasteiger partial charge in [0.1, 0.15) is 11.6 Å². The summed E-state index contributed by atoms with van der Waals surface area (Å²) < 4.78 is 1.52. The molecule has 6 nitrogen and oxygen atoms in total. The second-order valence-electron chi connectivity index (χ2n) is 6.00.